The molecule has 0 heterocycles. The van der Waals surface area contributed by atoms with Crippen molar-refractivity contribution in [2.24, 2.45) is 4.99 Å². The lowest BCUT2D eigenvalue weighted by molar-refractivity contribution is 0.0758. The monoisotopic (exact) mass is 358 g/mol. The van der Waals surface area contributed by atoms with Gasteiger partial charge in [-0.15, -0.1) is 0 Å². The van der Waals surface area contributed by atoms with Crippen molar-refractivity contribution < 1.29 is 8.78 Å². The summed E-state index contributed by atoms with van der Waals surface area (Å²) in [5, 5.41) is 0. The van der Waals surface area contributed by atoms with Gasteiger partial charge in [-0.1, -0.05) is 78.9 Å². The summed E-state index contributed by atoms with van der Waals surface area (Å²) in [5.41, 5.74) is 2.42. The zero-order valence-corrected chi connectivity index (χ0v) is 14.6. The summed E-state index contributed by atoms with van der Waals surface area (Å²) in [4.78, 5) is 4.33. The van der Waals surface area contributed by atoms with Crippen molar-refractivity contribution in [3.63, 3.8) is 0 Å². The number of para-hydroxylation sites is 1. The Balaban J connectivity index is 1.87. The third kappa shape index (κ3) is 3.72. The average molecular weight is 358 g/mol. The first-order valence-electron chi connectivity index (χ1n) is 8.90. The van der Waals surface area contributed by atoms with Gasteiger partial charge in [0.15, 0.2) is 0 Å². The summed E-state index contributed by atoms with van der Waals surface area (Å²) in [6.07, 6.45) is 2.93. The van der Waals surface area contributed by atoms with Crippen molar-refractivity contribution in [3.05, 3.63) is 114 Å². The molecule has 0 aromatic heterocycles. The van der Waals surface area contributed by atoms with Crippen LogP contribution in [-0.4, -0.2) is 11.6 Å². The van der Waals surface area contributed by atoms with Crippen molar-refractivity contribution in [2.75, 3.05) is 0 Å². The van der Waals surface area contributed by atoms with Gasteiger partial charge in [-0.2, -0.15) is 8.78 Å². The highest BCUT2D eigenvalue weighted by Crippen LogP contribution is 2.47. The third-order valence-corrected chi connectivity index (χ3v) is 4.66. The van der Waals surface area contributed by atoms with Gasteiger partial charge in [0.2, 0.25) is 0 Å². The highest BCUT2D eigenvalue weighted by Gasteiger charge is 2.50. The zero-order valence-electron chi connectivity index (χ0n) is 14.6. The van der Waals surface area contributed by atoms with E-state index in [0.29, 0.717) is 11.3 Å². The van der Waals surface area contributed by atoms with E-state index in [1.54, 1.807) is 24.3 Å². The van der Waals surface area contributed by atoms with Crippen LogP contribution in [0.5, 0.6) is 0 Å². The maximum atomic E-state index is 15.0. The molecule has 0 unspecified atom stereocenters. The first-order valence-corrected chi connectivity index (χ1v) is 8.90. The minimum absolute atomic E-state index is 0.189. The van der Waals surface area contributed by atoms with Gasteiger partial charge >= 0.3 is 0 Å². The molecule has 1 aliphatic carbocycles. The zero-order chi connectivity index (χ0) is 18.7. The Morgan fingerprint density at radius 3 is 1.96 bits per heavy atom. The van der Waals surface area contributed by atoms with Crippen LogP contribution in [0.15, 0.2) is 102 Å². The minimum atomic E-state index is -3.01. The first-order chi connectivity index (χ1) is 13.1. The van der Waals surface area contributed by atoms with Crippen LogP contribution < -0.4 is 0 Å². The maximum absolute atomic E-state index is 15.0. The fourth-order valence-corrected chi connectivity index (χ4v) is 3.38. The molecule has 1 saturated carbocycles. The van der Waals surface area contributed by atoms with E-state index in [1.165, 1.54) is 0 Å². The Labute approximate surface area is 157 Å². The Morgan fingerprint density at radius 1 is 0.778 bits per heavy atom. The number of aliphatic imine (C=N–C) groups is 1. The predicted molar refractivity (Wildman–Crippen MR) is 105 cm³/mol. The summed E-state index contributed by atoms with van der Waals surface area (Å²) < 4.78 is 30.0. The van der Waals surface area contributed by atoms with Crippen LogP contribution in [0.1, 0.15) is 23.5 Å². The fraction of sp³-hybridized carbons (Fsp3) is 0.125. The van der Waals surface area contributed by atoms with Crippen LogP contribution in [0, 0.1) is 6.08 Å². The van der Waals surface area contributed by atoms with E-state index in [2.05, 4.69) is 11.1 Å². The molecule has 0 amide bonds. The van der Waals surface area contributed by atoms with Crippen molar-refractivity contribution >= 4 is 11.4 Å². The lowest BCUT2D eigenvalue weighted by Crippen LogP contribution is -2.22. The molecule has 0 aliphatic heterocycles. The molecule has 0 spiro atoms. The van der Waals surface area contributed by atoms with Crippen LogP contribution in [0.3, 0.4) is 0 Å². The van der Waals surface area contributed by atoms with E-state index in [4.69, 9.17) is 0 Å². The number of halogens is 2. The van der Waals surface area contributed by atoms with Gasteiger partial charge in [-0.25, -0.2) is 4.99 Å². The molecule has 3 aromatic rings. The largest absolute Gasteiger partial charge is 0.290 e. The molecule has 1 nitrogen and oxygen atoms in total. The second-order valence-corrected chi connectivity index (χ2v) is 6.57. The van der Waals surface area contributed by atoms with E-state index < -0.39 is 11.8 Å². The van der Waals surface area contributed by atoms with Crippen LogP contribution in [-0.2, 0) is 0 Å². The van der Waals surface area contributed by atoms with Gasteiger partial charge in [0.1, 0.15) is 5.71 Å². The van der Waals surface area contributed by atoms with Crippen LogP contribution >= 0.6 is 0 Å². The summed E-state index contributed by atoms with van der Waals surface area (Å²) >= 11 is 0. The van der Waals surface area contributed by atoms with Gasteiger partial charge in [0, 0.05) is 12.3 Å². The van der Waals surface area contributed by atoms with E-state index in [0.717, 1.165) is 11.1 Å². The van der Waals surface area contributed by atoms with Crippen LogP contribution in [0.4, 0.5) is 14.5 Å². The third-order valence-electron chi connectivity index (χ3n) is 4.66. The van der Waals surface area contributed by atoms with Gasteiger partial charge < -0.3 is 0 Å². The smallest absolute Gasteiger partial charge is 0.247 e. The van der Waals surface area contributed by atoms with Crippen molar-refractivity contribution in [2.45, 2.75) is 18.3 Å². The van der Waals surface area contributed by atoms with Gasteiger partial charge in [0.25, 0.3) is 5.92 Å². The topological polar surface area (TPSA) is 12.4 Å². The molecule has 3 heteroatoms. The second-order valence-electron chi connectivity index (χ2n) is 6.57. The molecule has 3 aromatic carbocycles. The summed E-state index contributed by atoms with van der Waals surface area (Å²) in [7, 11) is 0. The molecular weight excluding hydrogens is 340 g/mol. The molecule has 0 saturated heterocycles. The maximum Gasteiger partial charge on any atom is 0.290 e. The predicted octanol–water partition coefficient (Wildman–Crippen LogP) is 6.36. The fourth-order valence-electron chi connectivity index (χ4n) is 3.38. The van der Waals surface area contributed by atoms with Crippen LogP contribution in [0.2, 0.25) is 0 Å². The Bertz CT molecular complexity index is 961. The first kappa shape index (κ1) is 17.3. The quantitative estimate of drug-likeness (QED) is 0.516. The number of nitrogens with zero attached hydrogens (tertiary/aromatic N) is 1. The SMILES string of the molecule is FC1(F)C[C@H](c2ccccc2)C(=[C]c2ccccc2)C1=Nc1ccccc1. The van der Waals surface area contributed by atoms with E-state index in [-0.39, 0.29) is 12.1 Å². The van der Waals surface area contributed by atoms with Crippen molar-refractivity contribution in [1.82, 2.24) is 0 Å². The van der Waals surface area contributed by atoms with Gasteiger partial charge in [-0.05, 0) is 34.9 Å². The van der Waals surface area contributed by atoms with E-state index in [1.807, 2.05) is 66.7 Å². The van der Waals surface area contributed by atoms with Gasteiger partial charge in [-0.3, -0.25) is 0 Å². The molecule has 0 bridgehead atoms. The molecule has 27 heavy (non-hydrogen) atoms. The molecule has 4 rings (SSSR count). The lowest BCUT2D eigenvalue weighted by Gasteiger charge is -2.11. The Morgan fingerprint density at radius 2 is 1.33 bits per heavy atom. The Kier molecular flexibility index (Phi) is 4.68. The summed E-state index contributed by atoms with van der Waals surface area (Å²) in [6.45, 7) is 0. The highest BCUT2D eigenvalue weighted by atomic mass is 19.3. The molecule has 1 fully saturated rings. The van der Waals surface area contributed by atoms with Crippen molar-refractivity contribution in [3.8, 4) is 0 Å². The molecule has 133 valence electrons. The number of hydrogen-bond acceptors (Lipinski definition) is 1. The minimum Gasteiger partial charge on any atom is -0.247 e. The number of rotatable bonds is 3. The lowest BCUT2D eigenvalue weighted by atomic mass is 9.92. The highest BCUT2D eigenvalue weighted by molar-refractivity contribution is 6.10. The standard InChI is InChI=1S/C24H18F2N/c25-24(26)17-22(19-12-6-2-7-13-19)21(16-18-10-4-1-5-11-18)23(24)27-20-14-8-3-9-15-20/h1-15,22H,17H2/t22-/m1/s1. The normalized spacial score (nSPS) is 21.6. The van der Waals surface area contributed by atoms with E-state index in [9.17, 15) is 8.78 Å². The van der Waals surface area contributed by atoms with Crippen LogP contribution in [0.25, 0.3) is 0 Å². The molecule has 1 radical (unpaired) electrons. The molecular formula is C24H18F2N. The number of benzene rings is 3. The van der Waals surface area contributed by atoms with E-state index >= 15 is 0 Å². The second kappa shape index (κ2) is 7.28. The van der Waals surface area contributed by atoms with Crippen molar-refractivity contribution in [1.29, 1.82) is 0 Å². The average Bonchev–Trinajstić information content (AvgIpc) is 2.95. The number of hydrogen-bond donors (Lipinski definition) is 0. The molecule has 0 N–H and O–H groups in total. The van der Waals surface area contributed by atoms with Gasteiger partial charge in [0.05, 0.1) is 5.69 Å². The molecule has 1 aliphatic rings. The molecule has 1 atom stereocenters. The Hall–Kier alpha value is -3.07. The number of alkyl halides is 2. The summed E-state index contributed by atoms with van der Waals surface area (Å²) in [6, 6.07) is 27.7. The number of allylic oxidation sites excluding steroid dienone is 1. The summed E-state index contributed by atoms with van der Waals surface area (Å²) in [5.74, 6) is -3.45.